The first-order valence-corrected chi connectivity index (χ1v) is 7.03. The number of thioether (sulfide) groups is 1. The minimum Gasteiger partial charge on any atom is -0.354 e. The maximum atomic E-state index is 11.8. The van der Waals surface area contributed by atoms with Gasteiger partial charge in [0.15, 0.2) is 0 Å². The van der Waals surface area contributed by atoms with Gasteiger partial charge in [0.05, 0.1) is 5.25 Å². The van der Waals surface area contributed by atoms with E-state index >= 15 is 0 Å². The molecule has 1 rings (SSSR count). The molecule has 1 amide bonds. The maximum Gasteiger partial charge on any atom is 0.233 e. The Kier molecular flexibility index (Phi) is 6.22. The largest absolute Gasteiger partial charge is 0.354 e. The molecule has 100 valence electrons. The molecule has 0 heterocycles. The van der Waals surface area contributed by atoms with Crippen LogP contribution in [0.25, 0.3) is 0 Å². The molecule has 3 nitrogen and oxygen atoms in total. The van der Waals surface area contributed by atoms with Crippen LogP contribution in [0.15, 0.2) is 29.2 Å². The van der Waals surface area contributed by atoms with E-state index in [2.05, 4.69) is 41.4 Å². The number of carbonyl (C=O) groups excluding carboxylic acids is 1. The van der Waals surface area contributed by atoms with E-state index in [4.69, 9.17) is 0 Å². The number of amides is 1. The SMILES string of the molecule is Cc1ccc(SC(C)C(=O)NCCN(C)C)cc1. The highest BCUT2D eigenvalue weighted by Crippen LogP contribution is 2.23. The van der Waals surface area contributed by atoms with Crippen LogP contribution in [0.2, 0.25) is 0 Å². The quantitative estimate of drug-likeness (QED) is 0.801. The number of aryl methyl sites for hydroxylation is 1. The van der Waals surface area contributed by atoms with Crippen LogP contribution in [-0.2, 0) is 4.79 Å². The van der Waals surface area contributed by atoms with E-state index in [1.807, 2.05) is 21.0 Å². The fourth-order valence-corrected chi connectivity index (χ4v) is 2.31. The third-order valence-corrected chi connectivity index (χ3v) is 3.67. The van der Waals surface area contributed by atoms with Crippen LogP contribution in [-0.4, -0.2) is 43.2 Å². The second-order valence-corrected chi connectivity index (χ2v) is 6.08. The predicted octanol–water partition coefficient (Wildman–Crippen LogP) is 2.15. The number of benzene rings is 1. The highest BCUT2D eigenvalue weighted by molar-refractivity contribution is 8.00. The average molecular weight is 266 g/mol. The van der Waals surface area contributed by atoms with Crippen molar-refractivity contribution in [2.45, 2.75) is 24.0 Å². The van der Waals surface area contributed by atoms with Crippen LogP contribution in [0.4, 0.5) is 0 Å². The van der Waals surface area contributed by atoms with Crippen molar-refractivity contribution in [1.29, 1.82) is 0 Å². The molecule has 0 aliphatic carbocycles. The van der Waals surface area contributed by atoms with Gasteiger partial charge in [0.2, 0.25) is 5.91 Å². The summed E-state index contributed by atoms with van der Waals surface area (Å²) in [4.78, 5) is 15.0. The second kappa shape index (κ2) is 7.44. The van der Waals surface area contributed by atoms with E-state index in [0.717, 1.165) is 11.4 Å². The zero-order valence-electron chi connectivity index (χ0n) is 11.6. The van der Waals surface area contributed by atoms with Crippen molar-refractivity contribution in [2.75, 3.05) is 27.2 Å². The number of likely N-dealkylation sites (N-methyl/N-ethyl adjacent to an activating group) is 1. The normalized spacial score (nSPS) is 12.5. The molecule has 0 aliphatic heterocycles. The summed E-state index contributed by atoms with van der Waals surface area (Å²) in [6.07, 6.45) is 0. The predicted molar refractivity (Wildman–Crippen MR) is 78.1 cm³/mol. The molecule has 0 aromatic heterocycles. The number of hydrogen-bond donors (Lipinski definition) is 1. The number of hydrogen-bond acceptors (Lipinski definition) is 3. The van der Waals surface area contributed by atoms with Crippen LogP contribution < -0.4 is 5.32 Å². The third kappa shape index (κ3) is 5.56. The lowest BCUT2D eigenvalue weighted by molar-refractivity contribution is -0.120. The molecule has 0 fully saturated rings. The van der Waals surface area contributed by atoms with Crippen molar-refractivity contribution in [1.82, 2.24) is 10.2 Å². The molecule has 1 N–H and O–H groups in total. The van der Waals surface area contributed by atoms with Gasteiger partial charge in [-0.2, -0.15) is 0 Å². The Balaban J connectivity index is 2.37. The average Bonchev–Trinajstić information content (AvgIpc) is 2.31. The number of nitrogens with one attached hydrogen (secondary N) is 1. The van der Waals surface area contributed by atoms with E-state index in [0.29, 0.717) is 6.54 Å². The molecule has 4 heteroatoms. The van der Waals surface area contributed by atoms with Crippen LogP contribution >= 0.6 is 11.8 Å². The summed E-state index contributed by atoms with van der Waals surface area (Å²) in [5.74, 6) is 0.0995. The summed E-state index contributed by atoms with van der Waals surface area (Å²) in [6, 6.07) is 8.26. The maximum absolute atomic E-state index is 11.8. The lowest BCUT2D eigenvalue weighted by atomic mass is 10.2. The Bertz CT molecular complexity index is 376. The van der Waals surface area contributed by atoms with Gasteiger partial charge in [-0.25, -0.2) is 0 Å². The van der Waals surface area contributed by atoms with Gasteiger partial charge in [0.25, 0.3) is 0 Å². The summed E-state index contributed by atoms with van der Waals surface area (Å²) in [5, 5.41) is 2.88. The van der Waals surface area contributed by atoms with Gasteiger partial charge < -0.3 is 10.2 Å². The zero-order valence-corrected chi connectivity index (χ0v) is 12.4. The van der Waals surface area contributed by atoms with Crippen molar-refractivity contribution in [3.05, 3.63) is 29.8 Å². The van der Waals surface area contributed by atoms with E-state index in [-0.39, 0.29) is 11.2 Å². The van der Waals surface area contributed by atoms with E-state index in [1.54, 1.807) is 11.8 Å². The molecule has 1 unspecified atom stereocenters. The summed E-state index contributed by atoms with van der Waals surface area (Å²) in [7, 11) is 3.99. The summed E-state index contributed by atoms with van der Waals surface area (Å²) < 4.78 is 0. The Morgan fingerprint density at radius 1 is 1.33 bits per heavy atom. The zero-order chi connectivity index (χ0) is 13.5. The lowest BCUT2D eigenvalue weighted by Gasteiger charge is -2.14. The first-order chi connectivity index (χ1) is 8.49. The molecule has 0 aliphatic rings. The summed E-state index contributed by atoms with van der Waals surface area (Å²) in [6.45, 7) is 5.57. The van der Waals surface area contributed by atoms with E-state index < -0.39 is 0 Å². The minimum absolute atomic E-state index is 0.0603. The van der Waals surface area contributed by atoms with Gasteiger partial charge in [-0.05, 0) is 40.1 Å². The number of nitrogens with zero attached hydrogens (tertiary/aromatic N) is 1. The van der Waals surface area contributed by atoms with Gasteiger partial charge in [-0.3, -0.25) is 4.79 Å². The molecule has 18 heavy (non-hydrogen) atoms. The third-order valence-electron chi connectivity index (χ3n) is 2.56. The minimum atomic E-state index is -0.0603. The van der Waals surface area contributed by atoms with Crippen LogP contribution in [0.3, 0.4) is 0 Å². The number of carbonyl (C=O) groups is 1. The first-order valence-electron chi connectivity index (χ1n) is 6.15. The van der Waals surface area contributed by atoms with E-state index in [1.165, 1.54) is 5.56 Å². The molecule has 0 spiro atoms. The highest BCUT2D eigenvalue weighted by Gasteiger charge is 2.13. The molecular formula is C14H22N2OS. The van der Waals surface area contributed by atoms with Crippen molar-refractivity contribution >= 4 is 17.7 Å². The monoisotopic (exact) mass is 266 g/mol. The molecule has 1 atom stereocenters. The van der Waals surface area contributed by atoms with Crippen molar-refractivity contribution in [3.63, 3.8) is 0 Å². The summed E-state index contributed by atoms with van der Waals surface area (Å²) in [5.41, 5.74) is 1.24. The molecule has 1 aromatic carbocycles. The molecule has 0 saturated heterocycles. The smallest absolute Gasteiger partial charge is 0.233 e. The molecule has 0 bridgehead atoms. The lowest BCUT2D eigenvalue weighted by Crippen LogP contribution is -2.35. The van der Waals surface area contributed by atoms with Crippen molar-refractivity contribution in [3.8, 4) is 0 Å². The molecule has 0 saturated carbocycles. The number of rotatable bonds is 6. The van der Waals surface area contributed by atoms with Gasteiger partial charge >= 0.3 is 0 Å². The molecule has 0 radical (unpaired) electrons. The fourth-order valence-electron chi connectivity index (χ4n) is 1.42. The van der Waals surface area contributed by atoms with E-state index in [9.17, 15) is 4.79 Å². The summed E-state index contributed by atoms with van der Waals surface area (Å²) >= 11 is 1.59. The Morgan fingerprint density at radius 2 is 1.94 bits per heavy atom. The molecular weight excluding hydrogens is 244 g/mol. The first kappa shape index (κ1) is 15.1. The Morgan fingerprint density at radius 3 is 2.50 bits per heavy atom. The van der Waals surface area contributed by atoms with Gasteiger partial charge in [0, 0.05) is 18.0 Å². The standard InChI is InChI=1S/C14H22N2OS/c1-11-5-7-13(8-6-11)18-12(2)14(17)15-9-10-16(3)4/h5-8,12H,9-10H2,1-4H3,(H,15,17). The van der Waals surface area contributed by atoms with Gasteiger partial charge in [0.1, 0.15) is 0 Å². The van der Waals surface area contributed by atoms with Crippen LogP contribution in [0.5, 0.6) is 0 Å². The Hall–Kier alpha value is -1.00. The highest BCUT2D eigenvalue weighted by atomic mass is 32.2. The Labute approximate surface area is 114 Å². The molecule has 1 aromatic rings. The van der Waals surface area contributed by atoms with Gasteiger partial charge in [-0.15, -0.1) is 11.8 Å². The van der Waals surface area contributed by atoms with Crippen molar-refractivity contribution < 1.29 is 4.79 Å². The fraction of sp³-hybridized carbons (Fsp3) is 0.500. The van der Waals surface area contributed by atoms with Crippen molar-refractivity contribution in [2.24, 2.45) is 0 Å². The topological polar surface area (TPSA) is 32.3 Å². The second-order valence-electron chi connectivity index (χ2n) is 4.67. The van der Waals surface area contributed by atoms with Gasteiger partial charge in [-0.1, -0.05) is 17.7 Å². The van der Waals surface area contributed by atoms with Crippen LogP contribution in [0.1, 0.15) is 12.5 Å². The van der Waals surface area contributed by atoms with Crippen LogP contribution in [0, 0.1) is 6.92 Å².